The second-order valence-corrected chi connectivity index (χ2v) is 11.5. The SMILES string of the molecule is C=CCN1/C(=C/C=C/C(=C)C(C)(C)c2c(C)ccc3ccccc23)C(C)(Cc2ccccc2)c2ccccc21. The van der Waals surface area contributed by atoms with Crippen LogP contribution in [-0.2, 0) is 17.3 Å². The van der Waals surface area contributed by atoms with Gasteiger partial charge in [0.1, 0.15) is 0 Å². The smallest absolute Gasteiger partial charge is 0.0453 e. The Morgan fingerprint density at radius 2 is 1.59 bits per heavy atom. The van der Waals surface area contributed by atoms with Crippen molar-refractivity contribution in [1.82, 2.24) is 0 Å². The molecule has 1 heteroatoms. The standard InChI is InChI=1S/C38H39N/c1-7-26-39-34-22-14-13-21-33(34)38(6,27-30-17-9-8-10-18-30)35(39)23-15-16-29(3)37(4,5)36-28(2)24-25-31-19-11-12-20-32(31)36/h7-25H,1,3,26-27H2,2,4-6H3/b16-15+,35-23+. The van der Waals surface area contributed by atoms with E-state index in [0.717, 1.165) is 18.5 Å². The van der Waals surface area contributed by atoms with Gasteiger partial charge in [-0.25, -0.2) is 0 Å². The highest BCUT2D eigenvalue weighted by Gasteiger charge is 2.42. The molecular formula is C38H39N. The molecule has 0 N–H and O–H groups in total. The molecule has 4 aromatic rings. The average Bonchev–Trinajstić information content (AvgIpc) is 3.16. The normalized spacial score (nSPS) is 18.2. The Kier molecular flexibility index (Phi) is 7.19. The summed E-state index contributed by atoms with van der Waals surface area (Å²) >= 11 is 0. The Bertz CT molecular complexity index is 1580. The van der Waals surface area contributed by atoms with Crippen molar-refractivity contribution in [3.8, 4) is 0 Å². The number of fused-ring (bicyclic) bond motifs is 2. The van der Waals surface area contributed by atoms with Crippen LogP contribution >= 0.6 is 0 Å². The van der Waals surface area contributed by atoms with E-state index in [1.807, 2.05) is 6.08 Å². The van der Waals surface area contributed by atoms with Crippen LogP contribution in [-0.4, -0.2) is 6.54 Å². The minimum absolute atomic E-state index is 0.158. The van der Waals surface area contributed by atoms with E-state index < -0.39 is 0 Å². The van der Waals surface area contributed by atoms with Crippen LogP contribution in [0.5, 0.6) is 0 Å². The summed E-state index contributed by atoms with van der Waals surface area (Å²) < 4.78 is 0. The molecule has 39 heavy (non-hydrogen) atoms. The molecule has 1 unspecified atom stereocenters. The number of hydrogen-bond acceptors (Lipinski definition) is 1. The van der Waals surface area contributed by atoms with Crippen LogP contribution in [0.15, 0.2) is 140 Å². The quantitative estimate of drug-likeness (QED) is 0.169. The molecule has 0 bridgehead atoms. The fourth-order valence-corrected chi connectivity index (χ4v) is 6.37. The number of allylic oxidation sites excluding steroid dienone is 5. The molecule has 0 saturated heterocycles. The first kappa shape index (κ1) is 26.5. The van der Waals surface area contributed by atoms with Crippen LogP contribution in [0.4, 0.5) is 5.69 Å². The second-order valence-electron chi connectivity index (χ2n) is 11.5. The summed E-state index contributed by atoms with van der Waals surface area (Å²) in [6.07, 6.45) is 9.62. The van der Waals surface area contributed by atoms with Gasteiger partial charge in [-0.15, -0.1) is 6.58 Å². The van der Waals surface area contributed by atoms with Gasteiger partial charge in [0.05, 0.1) is 0 Å². The van der Waals surface area contributed by atoms with Gasteiger partial charge in [0, 0.05) is 28.8 Å². The lowest BCUT2D eigenvalue weighted by atomic mass is 9.74. The Labute approximate surface area is 234 Å². The third kappa shape index (κ3) is 4.79. The van der Waals surface area contributed by atoms with Gasteiger partial charge >= 0.3 is 0 Å². The fourth-order valence-electron chi connectivity index (χ4n) is 6.37. The monoisotopic (exact) mass is 509 g/mol. The van der Waals surface area contributed by atoms with E-state index in [2.05, 4.69) is 155 Å². The van der Waals surface area contributed by atoms with Crippen LogP contribution < -0.4 is 4.90 Å². The van der Waals surface area contributed by atoms with Crippen LogP contribution in [0.2, 0.25) is 0 Å². The van der Waals surface area contributed by atoms with Crippen LogP contribution in [0.3, 0.4) is 0 Å². The van der Waals surface area contributed by atoms with E-state index in [9.17, 15) is 0 Å². The first-order valence-electron chi connectivity index (χ1n) is 13.9. The number of para-hydroxylation sites is 1. The highest BCUT2D eigenvalue weighted by molar-refractivity contribution is 5.88. The molecule has 4 aromatic carbocycles. The highest BCUT2D eigenvalue weighted by atomic mass is 15.2. The number of rotatable bonds is 8. The summed E-state index contributed by atoms with van der Waals surface area (Å²) in [6.45, 7) is 18.6. The zero-order valence-corrected chi connectivity index (χ0v) is 23.7. The lowest BCUT2D eigenvalue weighted by Gasteiger charge is -2.31. The van der Waals surface area contributed by atoms with Crippen molar-refractivity contribution in [2.45, 2.75) is 44.9 Å². The second kappa shape index (κ2) is 10.6. The number of anilines is 1. The summed E-state index contributed by atoms with van der Waals surface area (Å²) in [7, 11) is 0. The summed E-state index contributed by atoms with van der Waals surface area (Å²) in [5.41, 5.74) is 8.61. The zero-order valence-electron chi connectivity index (χ0n) is 23.7. The Hall–Kier alpha value is -4.10. The van der Waals surface area contributed by atoms with E-state index in [1.54, 1.807) is 0 Å². The van der Waals surface area contributed by atoms with Crippen molar-refractivity contribution in [3.05, 3.63) is 162 Å². The van der Waals surface area contributed by atoms with Gasteiger partial charge < -0.3 is 4.90 Å². The fraction of sp³-hybridized carbons (Fsp3) is 0.211. The van der Waals surface area contributed by atoms with Gasteiger partial charge in [0.25, 0.3) is 0 Å². The van der Waals surface area contributed by atoms with Gasteiger partial charge in [-0.05, 0) is 71.0 Å². The number of aryl methyl sites for hydroxylation is 1. The van der Waals surface area contributed by atoms with Crippen molar-refractivity contribution in [2.24, 2.45) is 0 Å². The Morgan fingerprint density at radius 1 is 0.897 bits per heavy atom. The Balaban J connectivity index is 1.54. The van der Waals surface area contributed by atoms with Crippen molar-refractivity contribution in [1.29, 1.82) is 0 Å². The molecule has 1 aliphatic rings. The summed E-state index contributed by atoms with van der Waals surface area (Å²) in [5.74, 6) is 0. The van der Waals surface area contributed by atoms with Crippen LogP contribution in [0, 0.1) is 6.92 Å². The van der Waals surface area contributed by atoms with Gasteiger partial charge in [0.2, 0.25) is 0 Å². The van der Waals surface area contributed by atoms with E-state index in [1.165, 1.54) is 44.4 Å². The largest absolute Gasteiger partial charge is 0.340 e. The van der Waals surface area contributed by atoms with Crippen LogP contribution in [0.25, 0.3) is 10.8 Å². The number of benzene rings is 4. The maximum Gasteiger partial charge on any atom is 0.0453 e. The molecule has 196 valence electrons. The lowest BCUT2D eigenvalue weighted by molar-refractivity contribution is 0.565. The van der Waals surface area contributed by atoms with E-state index in [0.29, 0.717) is 0 Å². The first-order valence-corrected chi connectivity index (χ1v) is 13.9. The summed E-state index contributed by atoms with van der Waals surface area (Å²) in [5, 5.41) is 2.57. The highest BCUT2D eigenvalue weighted by Crippen LogP contribution is 2.49. The maximum atomic E-state index is 4.57. The van der Waals surface area contributed by atoms with E-state index in [-0.39, 0.29) is 10.8 Å². The van der Waals surface area contributed by atoms with Crippen molar-refractivity contribution in [2.75, 3.05) is 11.4 Å². The minimum atomic E-state index is -0.216. The molecule has 0 radical (unpaired) electrons. The molecule has 0 aliphatic carbocycles. The zero-order chi connectivity index (χ0) is 27.6. The molecule has 0 aromatic heterocycles. The lowest BCUT2D eigenvalue weighted by Crippen LogP contribution is -2.30. The molecule has 1 aliphatic heterocycles. The first-order chi connectivity index (χ1) is 18.8. The number of nitrogens with zero attached hydrogens (tertiary/aromatic N) is 1. The van der Waals surface area contributed by atoms with Gasteiger partial charge in [-0.1, -0.05) is 124 Å². The predicted molar refractivity (Wildman–Crippen MR) is 170 cm³/mol. The van der Waals surface area contributed by atoms with Crippen molar-refractivity contribution >= 4 is 16.5 Å². The average molecular weight is 510 g/mol. The molecule has 0 saturated carbocycles. The summed E-state index contributed by atoms with van der Waals surface area (Å²) in [6, 6.07) is 32.7. The molecule has 5 rings (SSSR count). The molecule has 0 spiro atoms. The third-order valence-corrected chi connectivity index (χ3v) is 8.47. The van der Waals surface area contributed by atoms with E-state index in [4.69, 9.17) is 0 Å². The molecule has 1 heterocycles. The maximum absolute atomic E-state index is 4.57. The molecule has 0 amide bonds. The number of hydrogen-bond donors (Lipinski definition) is 0. The topological polar surface area (TPSA) is 3.24 Å². The predicted octanol–water partition coefficient (Wildman–Crippen LogP) is 9.63. The molecule has 1 nitrogen and oxygen atoms in total. The minimum Gasteiger partial charge on any atom is -0.340 e. The third-order valence-electron chi connectivity index (χ3n) is 8.47. The molecule has 0 fully saturated rings. The van der Waals surface area contributed by atoms with Gasteiger partial charge in [-0.2, -0.15) is 0 Å². The summed E-state index contributed by atoms with van der Waals surface area (Å²) in [4.78, 5) is 2.42. The van der Waals surface area contributed by atoms with Crippen molar-refractivity contribution < 1.29 is 0 Å². The Morgan fingerprint density at radius 3 is 2.36 bits per heavy atom. The molecule has 1 atom stereocenters. The van der Waals surface area contributed by atoms with Crippen molar-refractivity contribution in [3.63, 3.8) is 0 Å². The van der Waals surface area contributed by atoms with Gasteiger partial charge in [0.15, 0.2) is 0 Å². The van der Waals surface area contributed by atoms with Crippen LogP contribution in [0.1, 0.15) is 43.0 Å². The molecular weight excluding hydrogens is 470 g/mol. The van der Waals surface area contributed by atoms with E-state index >= 15 is 0 Å². The van der Waals surface area contributed by atoms with Gasteiger partial charge in [-0.3, -0.25) is 0 Å².